The predicted octanol–water partition coefficient (Wildman–Crippen LogP) is 2.98. The van der Waals surface area contributed by atoms with E-state index < -0.39 is 0 Å². The molecule has 0 radical (unpaired) electrons. The summed E-state index contributed by atoms with van der Waals surface area (Å²) >= 11 is 0. The van der Waals surface area contributed by atoms with Crippen molar-refractivity contribution in [2.75, 3.05) is 18.0 Å². The molecule has 0 amide bonds. The molecule has 0 aromatic carbocycles. The van der Waals surface area contributed by atoms with Gasteiger partial charge in [0.1, 0.15) is 5.82 Å². The third kappa shape index (κ3) is 3.47. The molecule has 1 saturated heterocycles. The van der Waals surface area contributed by atoms with Crippen LogP contribution in [0.5, 0.6) is 0 Å². The second-order valence-electron chi connectivity index (χ2n) is 6.02. The first-order valence-electron chi connectivity index (χ1n) is 7.58. The van der Waals surface area contributed by atoms with Gasteiger partial charge in [-0.3, -0.25) is 0 Å². The Hall–Kier alpha value is -1.09. The number of rotatable bonds is 5. The molecule has 2 heterocycles. The minimum atomic E-state index is 0.605. The van der Waals surface area contributed by atoms with Gasteiger partial charge in [-0.2, -0.15) is 0 Å². The van der Waals surface area contributed by atoms with Crippen molar-refractivity contribution < 1.29 is 0 Å². The first kappa shape index (κ1) is 14.3. The van der Waals surface area contributed by atoms with Gasteiger partial charge in [-0.25, -0.2) is 4.98 Å². The molecular formula is C16H27N3. The van der Waals surface area contributed by atoms with Crippen LogP contribution in [0.15, 0.2) is 12.1 Å². The topological polar surface area (TPSA) is 42.1 Å². The SMILES string of the molecule is CCCc1cc(CN)cc(N2CCC(C(C)C)C2)n1. The van der Waals surface area contributed by atoms with E-state index in [-0.39, 0.29) is 0 Å². The lowest BCUT2D eigenvalue weighted by atomic mass is 9.95. The summed E-state index contributed by atoms with van der Waals surface area (Å²) in [4.78, 5) is 7.25. The van der Waals surface area contributed by atoms with Gasteiger partial charge in [0.2, 0.25) is 0 Å². The van der Waals surface area contributed by atoms with Crippen LogP contribution in [-0.2, 0) is 13.0 Å². The first-order chi connectivity index (χ1) is 9.13. The molecule has 2 N–H and O–H groups in total. The van der Waals surface area contributed by atoms with Crippen LogP contribution in [0.1, 0.15) is 44.9 Å². The molecule has 1 aliphatic heterocycles. The highest BCUT2D eigenvalue weighted by Crippen LogP contribution is 2.28. The quantitative estimate of drug-likeness (QED) is 0.886. The van der Waals surface area contributed by atoms with Gasteiger partial charge in [-0.1, -0.05) is 27.2 Å². The maximum absolute atomic E-state index is 5.81. The van der Waals surface area contributed by atoms with E-state index in [1.54, 1.807) is 0 Å². The fourth-order valence-corrected chi connectivity index (χ4v) is 2.84. The van der Waals surface area contributed by atoms with Crippen LogP contribution < -0.4 is 10.6 Å². The summed E-state index contributed by atoms with van der Waals surface area (Å²) in [5.74, 6) is 2.70. The van der Waals surface area contributed by atoms with Crippen molar-refractivity contribution >= 4 is 5.82 Å². The molecule has 3 heteroatoms. The second-order valence-corrected chi connectivity index (χ2v) is 6.02. The van der Waals surface area contributed by atoms with E-state index in [2.05, 4.69) is 37.8 Å². The van der Waals surface area contributed by atoms with Gasteiger partial charge in [0.15, 0.2) is 0 Å². The third-order valence-corrected chi connectivity index (χ3v) is 4.16. The van der Waals surface area contributed by atoms with Crippen LogP contribution in [0.25, 0.3) is 0 Å². The fourth-order valence-electron chi connectivity index (χ4n) is 2.84. The van der Waals surface area contributed by atoms with Crippen LogP contribution >= 0.6 is 0 Å². The summed E-state index contributed by atoms with van der Waals surface area (Å²) in [6.07, 6.45) is 3.46. The zero-order valence-corrected chi connectivity index (χ0v) is 12.5. The molecule has 1 aromatic rings. The molecule has 0 saturated carbocycles. The van der Waals surface area contributed by atoms with E-state index in [0.717, 1.165) is 43.6 Å². The summed E-state index contributed by atoms with van der Waals surface area (Å²) in [6.45, 7) is 9.72. The number of nitrogens with zero attached hydrogens (tertiary/aromatic N) is 2. The minimum absolute atomic E-state index is 0.605. The summed E-state index contributed by atoms with van der Waals surface area (Å²) in [5.41, 5.74) is 8.21. The Morgan fingerprint density at radius 2 is 2.21 bits per heavy atom. The highest BCUT2D eigenvalue weighted by atomic mass is 15.2. The van der Waals surface area contributed by atoms with Gasteiger partial charge in [0, 0.05) is 25.3 Å². The Morgan fingerprint density at radius 3 is 2.79 bits per heavy atom. The van der Waals surface area contributed by atoms with Crippen molar-refractivity contribution in [1.82, 2.24) is 4.98 Å². The van der Waals surface area contributed by atoms with Crippen molar-refractivity contribution in [2.45, 2.75) is 46.6 Å². The Morgan fingerprint density at radius 1 is 1.42 bits per heavy atom. The zero-order valence-electron chi connectivity index (χ0n) is 12.5. The monoisotopic (exact) mass is 261 g/mol. The molecule has 1 aliphatic rings. The van der Waals surface area contributed by atoms with Gasteiger partial charge in [0.05, 0.1) is 0 Å². The van der Waals surface area contributed by atoms with E-state index in [4.69, 9.17) is 10.7 Å². The van der Waals surface area contributed by atoms with Crippen LogP contribution in [0.3, 0.4) is 0 Å². The molecule has 1 unspecified atom stereocenters. The summed E-state index contributed by atoms with van der Waals surface area (Å²) < 4.78 is 0. The summed E-state index contributed by atoms with van der Waals surface area (Å²) in [6, 6.07) is 4.32. The Kier molecular flexibility index (Phi) is 4.81. The number of anilines is 1. The van der Waals surface area contributed by atoms with Crippen molar-refractivity contribution in [2.24, 2.45) is 17.6 Å². The lowest BCUT2D eigenvalue weighted by Gasteiger charge is -2.20. The lowest BCUT2D eigenvalue weighted by molar-refractivity contribution is 0.422. The normalized spacial score (nSPS) is 19.4. The number of nitrogens with two attached hydrogens (primary N) is 1. The van der Waals surface area contributed by atoms with Crippen LogP contribution in [0.4, 0.5) is 5.82 Å². The lowest BCUT2D eigenvalue weighted by Crippen LogP contribution is -2.23. The Bertz CT molecular complexity index is 414. The number of hydrogen-bond acceptors (Lipinski definition) is 3. The van der Waals surface area contributed by atoms with E-state index in [9.17, 15) is 0 Å². The number of hydrogen-bond donors (Lipinski definition) is 1. The van der Waals surface area contributed by atoms with Crippen molar-refractivity contribution in [3.05, 3.63) is 23.4 Å². The maximum atomic E-state index is 5.81. The standard InChI is InChI=1S/C16H27N3/c1-4-5-15-8-13(10-17)9-16(18-15)19-7-6-14(11-19)12(2)3/h8-9,12,14H,4-7,10-11,17H2,1-3H3. The molecule has 1 atom stereocenters. The van der Waals surface area contributed by atoms with Gasteiger partial charge >= 0.3 is 0 Å². The molecule has 19 heavy (non-hydrogen) atoms. The zero-order chi connectivity index (χ0) is 13.8. The van der Waals surface area contributed by atoms with E-state index in [1.165, 1.54) is 17.7 Å². The average molecular weight is 261 g/mol. The molecular weight excluding hydrogens is 234 g/mol. The third-order valence-electron chi connectivity index (χ3n) is 4.16. The molecule has 0 spiro atoms. The van der Waals surface area contributed by atoms with Crippen LogP contribution in [-0.4, -0.2) is 18.1 Å². The number of aromatic nitrogens is 1. The average Bonchev–Trinajstić information content (AvgIpc) is 2.88. The van der Waals surface area contributed by atoms with E-state index in [1.807, 2.05) is 0 Å². The van der Waals surface area contributed by atoms with Gasteiger partial charge in [0.25, 0.3) is 0 Å². The largest absolute Gasteiger partial charge is 0.356 e. The Balaban J connectivity index is 2.17. The number of pyridine rings is 1. The highest BCUT2D eigenvalue weighted by molar-refractivity contribution is 5.44. The van der Waals surface area contributed by atoms with Crippen molar-refractivity contribution in [3.8, 4) is 0 Å². The van der Waals surface area contributed by atoms with E-state index in [0.29, 0.717) is 6.54 Å². The molecule has 1 fully saturated rings. The van der Waals surface area contributed by atoms with Crippen molar-refractivity contribution in [3.63, 3.8) is 0 Å². The molecule has 1 aromatic heterocycles. The number of aryl methyl sites for hydroxylation is 1. The van der Waals surface area contributed by atoms with Gasteiger partial charge < -0.3 is 10.6 Å². The summed E-state index contributed by atoms with van der Waals surface area (Å²) in [7, 11) is 0. The van der Waals surface area contributed by atoms with Crippen LogP contribution in [0, 0.1) is 11.8 Å². The molecule has 3 nitrogen and oxygen atoms in total. The predicted molar refractivity (Wildman–Crippen MR) is 81.3 cm³/mol. The molecule has 0 bridgehead atoms. The van der Waals surface area contributed by atoms with Crippen LogP contribution in [0.2, 0.25) is 0 Å². The van der Waals surface area contributed by atoms with Crippen molar-refractivity contribution in [1.29, 1.82) is 0 Å². The van der Waals surface area contributed by atoms with Gasteiger partial charge in [-0.05, 0) is 42.4 Å². The fraction of sp³-hybridized carbons (Fsp3) is 0.688. The molecule has 2 rings (SSSR count). The highest BCUT2D eigenvalue weighted by Gasteiger charge is 2.25. The molecule has 106 valence electrons. The second kappa shape index (κ2) is 6.38. The van der Waals surface area contributed by atoms with Gasteiger partial charge in [-0.15, -0.1) is 0 Å². The first-order valence-corrected chi connectivity index (χ1v) is 7.58. The minimum Gasteiger partial charge on any atom is -0.356 e. The molecule has 0 aliphatic carbocycles. The summed E-state index contributed by atoms with van der Waals surface area (Å²) in [5, 5.41) is 0. The smallest absolute Gasteiger partial charge is 0.129 e. The Labute approximate surface area is 117 Å². The maximum Gasteiger partial charge on any atom is 0.129 e. The van der Waals surface area contributed by atoms with E-state index >= 15 is 0 Å².